The van der Waals surface area contributed by atoms with Gasteiger partial charge in [0.1, 0.15) is 0 Å². The van der Waals surface area contributed by atoms with Crippen molar-refractivity contribution in [1.29, 1.82) is 0 Å². The molecule has 2 rings (SSSR count). The van der Waals surface area contributed by atoms with Crippen LogP contribution in [0.15, 0.2) is 0 Å². The minimum Gasteiger partial charge on any atom is -0.380 e. The molecule has 1 aliphatic heterocycles. The Balaban J connectivity index is 1.46. The van der Waals surface area contributed by atoms with Gasteiger partial charge < -0.3 is 19.5 Å². The van der Waals surface area contributed by atoms with Gasteiger partial charge >= 0.3 is 0 Å². The first-order valence-corrected chi connectivity index (χ1v) is 6.25. The van der Waals surface area contributed by atoms with Crippen molar-refractivity contribution >= 4 is 0 Å². The molecule has 0 bridgehead atoms. The van der Waals surface area contributed by atoms with Crippen LogP contribution in [0.1, 0.15) is 26.7 Å². The topological polar surface area (TPSA) is 39.7 Å². The van der Waals surface area contributed by atoms with E-state index in [9.17, 15) is 0 Å². The van der Waals surface area contributed by atoms with Crippen molar-refractivity contribution in [2.45, 2.75) is 38.5 Å². The molecule has 0 aromatic rings. The van der Waals surface area contributed by atoms with Crippen molar-refractivity contribution < 1.29 is 14.2 Å². The molecule has 1 heterocycles. The molecule has 2 aliphatic rings. The minimum absolute atomic E-state index is 0.303. The molecule has 94 valence electrons. The Bertz CT molecular complexity index is 206. The molecule has 1 N–H and O–H groups in total. The largest absolute Gasteiger partial charge is 0.380 e. The normalized spacial score (nSPS) is 25.9. The van der Waals surface area contributed by atoms with E-state index in [2.05, 4.69) is 5.32 Å². The quantitative estimate of drug-likeness (QED) is 0.694. The van der Waals surface area contributed by atoms with E-state index < -0.39 is 5.79 Å². The Labute approximate surface area is 97.6 Å². The summed E-state index contributed by atoms with van der Waals surface area (Å²) in [6.07, 6.45) is 2.71. The van der Waals surface area contributed by atoms with Crippen molar-refractivity contribution in [2.75, 3.05) is 33.0 Å². The second-order valence-electron chi connectivity index (χ2n) is 5.19. The standard InChI is InChI=1S/C12H23NO3/c1-12(2)15-8-11(9-16-12)13-5-6-14-7-10-3-4-10/h10-11,13H,3-9H2,1-2H3. The van der Waals surface area contributed by atoms with Crippen LogP contribution in [0.2, 0.25) is 0 Å². The number of hydrogen-bond donors (Lipinski definition) is 1. The maximum atomic E-state index is 5.56. The molecule has 16 heavy (non-hydrogen) atoms. The van der Waals surface area contributed by atoms with Gasteiger partial charge in [0.2, 0.25) is 0 Å². The van der Waals surface area contributed by atoms with E-state index in [-0.39, 0.29) is 0 Å². The number of nitrogens with one attached hydrogen (secondary N) is 1. The fourth-order valence-corrected chi connectivity index (χ4v) is 1.68. The van der Waals surface area contributed by atoms with E-state index >= 15 is 0 Å². The average molecular weight is 229 g/mol. The third-order valence-electron chi connectivity index (χ3n) is 2.99. The van der Waals surface area contributed by atoms with E-state index in [4.69, 9.17) is 14.2 Å². The van der Waals surface area contributed by atoms with Gasteiger partial charge in [-0.2, -0.15) is 0 Å². The maximum absolute atomic E-state index is 5.56. The Kier molecular flexibility index (Phi) is 4.19. The highest BCUT2D eigenvalue weighted by Crippen LogP contribution is 2.28. The monoisotopic (exact) mass is 229 g/mol. The summed E-state index contributed by atoms with van der Waals surface area (Å²) in [6, 6.07) is 0.303. The summed E-state index contributed by atoms with van der Waals surface area (Å²) >= 11 is 0. The summed E-state index contributed by atoms with van der Waals surface area (Å²) in [6.45, 7) is 7.93. The lowest BCUT2D eigenvalue weighted by Crippen LogP contribution is -2.49. The predicted molar refractivity (Wildman–Crippen MR) is 61.3 cm³/mol. The molecule has 1 saturated heterocycles. The van der Waals surface area contributed by atoms with E-state index in [1.807, 2.05) is 13.8 Å². The van der Waals surface area contributed by atoms with Crippen LogP contribution in [0, 0.1) is 5.92 Å². The fraction of sp³-hybridized carbons (Fsp3) is 1.00. The lowest BCUT2D eigenvalue weighted by Gasteiger charge is -2.35. The molecule has 0 aromatic heterocycles. The Morgan fingerprint density at radius 3 is 2.56 bits per heavy atom. The maximum Gasteiger partial charge on any atom is 0.162 e. The zero-order chi connectivity index (χ0) is 11.4. The highest BCUT2D eigenvalue weighted by atomic mass is 16.7. The van der Waals surface area contributed by atoms with Crippen molar-refractivity contribution in [3.05, 3.63) is 0 Å². The van der Waals surface area contributed by atoms with Crippen molar-refractivity contribution in [3.8, 4) is 0 Å². The van der Waals surface area contributed by atoms with Gasteiger partial charge in [0.15, 0.2) is 5.79 Å². The molecule has 0 atom stereocenters. The Hall–Kier alpha value is -0.160. The molecular weight excluding hydrogens is 206 g/mol. The first-order chi connectivity index (χ1) is 7.66. The van der Waals surface area contributed by atoms with E-state index in [0.717, 1.165) is 38.9 Å². The fourth-order valence-electron chi connectivity index (χ4n) is 1.68. The van der Waals surface area contributed by atoms with Crippen LogP contribution < -0.4 is 5.32 Å². The summed E-state index contributed by atoms with van der Waals surface area (Å²) in [4.78, 5) is 0. The van der Waals surface area contributed by atoms with Crippen LogP contribution in [-0.4, -0.2) is 44.8 Å². The van der Waals surface area contributed by atoms with Gasteiger partial charge in [-0.1, -0.05) is 0 Å². The molecule has 4 heteroatoms. The SMILES string of the molecule is CC1(C)OCC(NCCOCC2CC2)CO1. The summed E-state index contributed by atoms with van der Waals surface area (Å²) in [5, 5.41) is 3.38. The van der Waals surface area contributed by atoms with Gasteiger partial charge in [0, 0.05) is 13.2 Å². The van der Waals surface area contributed by atoms with Crippen LogP contribution in [0.3, 0.4) is 0 Å². The average Bonchev–Trinajstić information content (AvgIpc) is 3.04. The van der Waals surface area contributed by atoms with Crippen molar-refractivity contribution in [2.24, 2.45) is 5.92 Å². The lowest BCUT2D eigenvalue weighted by molar-refractivity contribution is -0.253. The summed E-state index contributed by atoms with van der Waals surface area (Å²) in [5.41, 5.74) is 0. The highest BCUT2D eigenvalue weighted by Gasteiger charge is 2.27. The predicted octanol–water partition coefficient (Wildman–Crippen LogP) is 1.15. The third kappa shape index (κ3) is 4.37. The van der Waals surface area contributed by atoms with Crippen molar-refractivity contribution in [3.63, 3.8) is 0 Å². The molecule has 1 aliphatic carbocycles. The molecule has 1 saturated carbocycles. The van der Waals surface area contributed by atoms with E-state index in [0.29, 0.717) is 6.04 Å². The Morgan fingerprint density at radius 1 is 1.25 bits per heavy atom. The first kappa shape index (κ1) is 12.3. The first-order valence-electron chi connectivity index (χ1n) is 6.25. The summed E-state index contributed by atoms with van der Waals surface area (Å²) < 4.78 is 16.7. The van der Waals surface area contributed by atoms with Crippen LogP contribution >= 0.6 is 0 Å². The van der Waals surface area contributed by atoms with Gasteiger partial charge in [-0.25, -0.2) is 0 Å². The van der Waals surface area contributed by atoms with E-state index in [1.165, 1.54) is 12.8 Å². The molecule has 0 spiro atoms. The number of ether oxygens (including phenoxy) is 3. The molecule has 2 fully saturated rings. The van der Waals surface area contributed by atoms with Crippen LogP contribution in [0.25, 0.3) is 0 Å². The molecular formula is C12H23NO3. The van der Waals surface area contributed by atoms with Crippen LogP contribution in [0.5, 0.6) is 0 Å². The van der Waals surface area contributed by atoms with Gasteiger partial charge in [-0.3, -0.25) is 0 Å². The second kappa shape index (κ2) is 5.45. The summed E-state index contributed by atoms with van der Waals surface area (Å²) in [5.74, 6) is 0.433. The molecule has 4 nitrogen and oxygen atoms in total. The number of hydrogen-bond acceptors (Lipinski definition) is 4. The highest BCUT2D eigenvalue weighted by molar-refractivity contribution is 4.74. The van der Waals surface area contributed by atoms with E-state index in [1.54, 1.807) is 0 Å². The molecule has 0 aromatic carbocycles. The summed E-state index contributed by atoms with van der Waals surface area (Å²) in [7, 11) is 0. The van der Waals surface area contributed by atoms with Gasteiger partial charge in [-0.05, 0) is 32.6 Å². The van der Waals surface area contributed by atoms with Gasteiger partial charge in [-0.15, -0.1) is 0 Å². The zero-order valence-corrected chi connectivity index (χ0v) is 10.3. The third-order valence-corrected chi connectivity index (χ3v) is 2.99. The van der Waals surface area contributed by atoms with Gasteiger partial charge in [0.05, 0.1) is 25.9 Å². The Morgan fingerprint density at radius 2 is 1.94 bits per heavy atom. The van der Waals surface area contributed by atoms with Crippen LogP contribution in [-0.2, 0) is 14.2 Å². The van der Waals surface area contributed by atoms with Crippen LogP contribution in [0.4, 0.5) is 0 Å². The van der Waals surface area contributed by atoms with Crippen molar-refractivity contribution in [1.82, 2.24) is 5.32 Å². The minimum atomic E-state index is -0.416. The lowest BCUT2D eigenvalue weighted by atomic mass is 10.2. The van der Waals surface area contributed by atoms with Gasteiger partial charge in [0.25, 0.3) is 0 Å². The molecule has 0 amide bonds. The molecule has 0 unspecified atom stereocenters. The molecule has 0 radical (unpaired) electrons. The smallest absolute Gasteiger partial charge is 0.162 e. The second-order valence-corrected chi connectivity index (χ2v) is 5.19. The number of rotatable bonds is 6. The zero-order valence-electron chi connectivity index (χ0n) is 10.3.